The van der Waals surface area contributed by atoms with Gasteiger partial charge in [0.25, 0.3) is 0 Å². The van der Waals surface area contributed by atoms with E-state index in [9.17, 15) is 27.2 Å². The highest BCUT2D eigenvalue weighted by Gasteiger charge is 2.70. The number of hydrogen-bond acceptors (Lipinski definition) is 4. The molecule has 0 N–H and O–H groups in total. The van der Waals surface area contributed by atoms with Gasteiger partial charge in [0, 0.05) is 24.3 Å². The van der Waals surface area contributed by atoms with E-state index in [1.54, 1.807) is 12.1 Å². The fourth-order valence-corrected chi connectivity index (χ4v) is 2.95. The van der Waals surface area contributed by atoms with Crippen LogP contribution in [0.15, 0.2) is 30.3 Å². The Morgan fingerprint density at radius 2 is 1.74 bits per heavy atom. The molecule has 1 aliphatic rings. The maximum Gasteiger partial charge on any atom is 0.344 e. The summed E-state index contributed by atoms with van der Waals surface area (Å²) in [5.74, 6) is -10.5. The van der Waals surface area contributed by atoms with Gasteiger partial charge < -0.3 is 9.47 Å². The van der Waals surface area contributed by atoms with Gasteiger partial charge in [-0.05, 0) is 24.3 Å². The largest absolute Gasteiger partial charge is 0.456 e. The summed E-state index contributed by atoms with van der Waals surface area (Å²) in [4.78, 5) is 0. The lowest BCUT2D eigenvalue weighted by Gasteiger charge is -2.23. The van der Waals surface area contributed by atoms with E-state index in [1.165, 1.54) is 0 Å². The summed E-state index contributed by atoms with van der Waals surface area (Å²) >= 11 is 0. The van der Waals surface area contributed by atoms with Gasteiger partial charge in [-0.25, -0.2) is 4.39 Å². The van der Waals surface area contributed by atoms with Crippen LogP contribution in [0.5, 0.6) is 11.5 Å². The molecular weight excluding hydrogens is 371 g/mol. The van der Waals surface area contributed by atoms with Crippen LogP contribution in [-0.2, 0) is 10.7 Å². The Labute approximate surface area is 150 Å². The summed E-state index contributed by atoms with van der Waals surface area (Å²) in [5.41, 5.74) is -2.40. The SMILES string of the molecule is COC1c2c(ccc(Oc3cc(F)cc(C#N)c3)c2C#N)C(F)(F)C1(F)F. The predicted molar refractivity (Wildman–Crippen MR) is 80.9 cm³/mol. The number of benzene rings is 2. The molecule has 0 heterocycles. The third-order valence-electron chi connectivity index (χ3n) is 4.13. The highest BCUT2D eigenvalue weighted by molar-refractivity contribution is 5.59. The normalized spacial score (nSPS) is 19.0. The Kier molecular flexibility index (Phi) is 4.29. The van der Waals surface area contributed by atoms with Crippen molar-refractivity contribution in [3.63, 3.8) is 0 Å². The number of halogens is 5. The molecule has 0 amide bonds. The quantitative estimate of drug-likeness (QED) is 0.718. The molecule has 0 saturated heterocycles. The number of ether oxygens (including phenoxy) is 2. The number of alkyl halides is 4. The Bertz CT molecular complexity index is 1010. The number of rotatable bonds is 3. The summed E-state index contributed by atoms with van der Waals surface area (Å²) in [7, 11) is 0.824. The second-order valence-electron chi connectivity index (χ2n) is 5.71. The van der Waals surface area contributed by atoms with Crippen molar-refractivity contribution >= 4 is 0 Å². The lowest BCUT2D eigenvalue weighted by atomic mass is 10.0. The standard InChI is InChI=1S/C18H9F5N2O2/c1-26-16-15-12(8-25)14(3-2-13(15)17(20,21)18(16,22)23)27-11-5-9(7-24)4-10(19)6-11/h2-6,16H,1H3. The lowest BCUT2D eigenvalue weighted by molar-refractivity contribution is -0.251. The first-order valence-electron chi connectivity index (χ1n) is 7.41. The Morgan fingerprint density at radius 3 is 2.33 bits per heavy atom. The number of hydrogen-bond donors (Lipinski definition) is 0. The molecule has 9 heteroatoms. The Hall–Kier alpha value is -3.17. The summed E-state index contributed by atoms with van der Waals surface area (Å²) in [6.07, 6.45) is -2.36. The average molecular weight is 380 g/mol. The molecule has 0 aliphatic heterocycles. The van der Waals surface area contributed by atoms with E-state index < -0.39 is 40.5 Å². The van der Waals surface area contributed by atoms with Crippen molar-refractivity contribution in [3.05, 3.63) is 58.4 Å². The minimum absolute atomic E-state index is 0.0856. The Balaban J connectivity index is 2.16. The summed E-state index contributed by atoms with van der Waals surface area (Å²) in [5, 5.41) is 18.2. The molecule has 0 radical (unpaired) electrons. The van der Waals surface area contributed by atoms with E-state index in [0.29, 0.717) is 6.07 Å². The minimum Gasteiger partial charge on any atom is -0.456 e. The molecule has 2 aromatic rings. The van der Waals surface area contributed by atoms with Crippen molar-refractivity contribution in [3.8, 4) is 23.6 Å². The molecule has 1 unspecified atom stereocenters. The van der Waals surface area contributed by atoms with E-state index in [1.807, 2.05) is 0 Å². The molecule has 1 aliphatic carbocycles. The second kappa shape index (κ2) is 6.22. The van der Waals surface area contributed by atoms with Crippen LogP contribution in [-0.4, -0.2) is 13.0 Å². The highest BCUT2D eigenvalue weighted by Crippen LogP contribution is 2.60. The summed E-state index contributed by atoms with van der Waals surface area (Å²) in [6, 6.07) is 7.87. The molecule has 2 aromatic carbocycles. The van der Waals surface area contributed by atoms with Crippen molar-refractivity contribution in [2.45, 2.75) is 17.9 Å². The van der Waals surface area contributed by atoms with Crippen LogP contribution in [0.4, 0.5) is 22.0 Å². The smallest absolute Gasteiger partial charge is 0.344 e. The number of nitrogens with zero attached hydrogens (tertiary/aromatic N) is 2. The van der Waals surface area contributed by atoms with Crippen LogP contribution in [0.1, 0.15) is 28.4 Å². The fraction of sp³-hybridized carbons (Fsp3) is 0.222. The Morgan fingerprint density at radius 1 is 1.04 bits per heavy atom. The summed E-state index contributed by atoms with van der Waals surface area (Å²) < 4.78 is 79.8. The molecule has 0 spiro atoms. The van der Waals surface area contributed by atoms with Crippen LogP contribution in [0.3, 0.4) is 0 Å². The zero-order valence-corrected chi connectivity index (χ0v) is 13.6. The van der Waals surface area contributed by atoms with Crippen LogP contribution in [0.25, 0.3) is 0 Å². The summed E-state index contributed by atoms with van der Waals surface area (Å²) in [6.45, 7) is 0. The molecule has 0 aromatic heterocycles. The van der Waals surface area contributed by atoms with Crippen molar-refractivity contribution in [2.75, 3.05) is 7.11 Å². The molecule has 1 atom stereocenters. The molecule has 0 saturated carbocycles. The molecule has 4 nitrogen and oxygen atoms in total. The first kappa shape index (κ1) is 18.6. The zero-order valence-electron chi connectivity index (χ0n) is 13.6. The minimum atomic E-state index is -4.57. The molecule has 138 valence electrons. The van der Waals surface area contributed by atoms with Gasteiger partial charge in [-0.3, -0.25) is 0 Å². The number of nitriles is 2. The maximum absolute atomic E-state index is 14.1. The highest BCUT2D eigenvalue weighted by atomic mass is 19.3. The monoisotopic (exact) mass is 380 g/mol. The van der Waals surface area contributed by atoms with Gasteiger partial charge in [-0.1, -0.05) is 0 Å². The van der Waals surface area contributed by atoms with Crippen molar-refractivity contribution in [1.29, 1.82) is 10.5 Å². The third-order valence-corrected chi connectivity index (χ3v) is 4.13. The van der Waals surface area contributed by atoms with Gasteiger partial charge in [0.15, 0.2) is 6.10 Å². The third kappa shape index (κ3) is 2.68. The van der Waals surface area contributed by atoms with Gasteiger partial charge in [-0.2, -0.15) is 28.1 Å². The van der Waals surface area contributed by atoms with E-state index in [0.717, 1.165) is 31.4 Å². The van der Waals surface area contributed by atoms with Gasteiger partial charge >= 0.3 is 11.8 Å². The van der Waals surface area contributed by atoms with Crippen LogP contribution in [0, 0.1) is 28.5 Å². The van der Waals surface area contributed by atoms with E-state index in [4.69, 9.17) is 10.00 Å². The molecule has 3 rings (SSSR count). The predicted octanol–water partition coefficient (Wildman–Crippen LogP) is 4.79. The molecule has 0 fully saturated rings. The average Bonchev–Trinajstić information content (AvgIpc) is 2.76. The van der Waals surface area contributed by atoms with Crippen LogP contribution >= 0.6 is 0 Å². The van der Waals surface area contributed by atoms with E-state index in [2.05, 4.69) is 4.74 Å². The molecular formula is C18H9F5N2O2. The number of methoxy groups -OCH3 is 1. The van der Waals surface area contributed by atoms with Gasteiger partial charge in [0.2, 0.25) is 0 Å². The van der Waals surface area contributed by atoms with E-state index in [-0.39, 0.29) is 17.1 Å². The van der Waals surface area contributed by atoms with Crippen LogP contribution < -0.4 is 4.74 Å². The van der Waals surface area contributed by atoms with Crippen molar-refractivity contribution in [2.24, 2.45) is 0 Å². The lowest BCUT2D eigenvalue weighted by Crippen LogP contribution is -2.37. The topological polar surface area (TPSA) is 66.0 Å². The van der Waals surface area contributed by atoms with Crippen LogP contribution in [0.2, 0.25) is 0 Å². The van der Waals surface area contributed by atoms with Gasteiger partial charge in [-0.15, -0.1) is 0 Å². The van der Waals surface area contributed by atoms with Crippen molar-refractivity contribution in [1.82, 2.24) is 0 Å². The zero-order chi connectivity index (χ0) is 20.0. The second-order valence-corrected chi connectivity index (χ2v) is 5.71. The fourth-order valence-electron chi connectivity index (χ4n) is 2.95. The van der Waals surface area contributed by atoms with E-state index >= 15 is 0 Å². The van der Waals surface area contributed by atoms with Crippen molar-refractivity contribution < 1.29 is 31.4 Å². The first-order valence-corrected chi connectivity index (χ1v) is 7.41. The molecule has 0 bridgehead atoms. The maximum atomic E-state index is 14.1. The van der Waals surface area contributed by atoms with Gasteiger partial charge in [0.05, 0.1) is 11.6 Å². The van der Waals surface area contributed by atoms with Gasteiger partial charge in [0.1, 0.15) is 28.9 Å². The molecule has 27 heavy (non-hydrogen) atoms. The number of fused-ring (bicyclic) bond motifs is 1. The first-order chi connectivity index (χ1) is 12.7.